The molecule has 0 aliphatic rings. The molecule has 0 bridgehead atoms. The molecule has 1 heterocycles. The Morgan fingerprint density at radius 2 is 1.44 bits per heavy atom. The molecule has 0 radical (unpaired) electrons. The van der Waals surface area contributed by atoms with E-state index in [1.54, 1.807) is 14.0 Å². The van der Waals surface area contributed by atoms with Crippen molar-refractivity contribution in [2.24, 2.45) is 14.1 Å². The van der Waals surface area contributed by atoms with Gasteiger partial charge in [0.25, 0.3) is 5.56 Å². The van der Waals surface area contributed by atoms with Gasteiger partial charge in [-0.15, -0.1) is 0 Å². The molecule has 1 aromatic carbocycles. The topological polar surface area (TPSA) is 44.0 Å². The number of hydrogen-bond donors (Lipinski definition) is 0. The average molecular weight is 244 g/mol. The zero-order valence-electron chi connectivity index (χ0n) is 11.0. The molecule has 0 saturated carbocycles. The van der Waals surface area contributed by atoms with Crippen LogP contribution >= 0.6 is 0 Å². The lowest BCUT2D eigenvalue weighted by molar-refractivity contribution is 0.671. The largest absolute Gasteiger partial charge is 0.330 e. The molecule has 0 amide bonds. The third-order valence-corrected chi connectivity index (χ3v) is 3.30. The van der Waals surface area contributed by atoms with E-state index in [1.807, 2.05) is 31.2 Å². The Balaban J connectivity index is 2.84. The molecule has 94 valence electrons. The lowest BCUT2D eigenvalue weighted by Crippen LogP contribution is -2.39. The Morgan fingerprint density at radius 1 is 0.889 bits per heavy atom. The van der Waals surface area contributed by atoms with Crippen LogP contribution in [0.25, 0.3) is 11.1 Å². The third kappa shape index (κ3) is 1.79. The van der Waals surface area contributed by atoms with E-state index < -0.39 is 0 Å². The summed E-state index contributed by atoms with van der Waals surface area (Å²) in [5, 5.41) is 0. The van der Waals surface area contributed by atoms with E-state index in [0.29, 0.717) is 11.3 Å². The predicted molar refractivity (Wildman–Crippen MR) is 71.8 cm³/mol. The number of nitrogens with zero attached hydrogens (tertiary/aromatic N) is 2. The normalized spacial score (nSPS) is 10.7. The highest BCUT2D eigenvalue weighted by Gasteiger charge is 2.13. The number of hydrogen-bond acceptors (Lipinski definition) is 2. The summed E-state index contributed by atoms with van der Waals surface area (Å²) >= 11 is 0. The van der Waals surface area contributed by atoms with Crippen molar-refractivity contribution in [1.82, 2.24) is 9.13 Å². The Morgan fingerprint density at radius 3 is 2.00 bits per heavy atom. The van der Waals surface area contributed by atoms with Gasteiger partial charge in [-0.2, -0.15) is 0 Å². The van der Waals surface area contributed by atoms with E-state index in [2.05, 4.69) is 0 Å². The first kappa shape index (κ1) is 12.4. The summed E-state index contributed by atoms with van der Waals surface area (Å²) in [6.45, 7) is 3.79. The van der Waals surface area contributed by atoms with Crippen LogP contribution in [0.4, 0.5) is 0 Å². The molecule has 4 heteroatoms. The van der Waals surface area contributed by atoms with Crippen molar-refractivity contribution in [3.63, 3.8) is 0 Å². The molecule has 18 heavy (non-hydrogen) atoms. The number of aryl methyl sites for hydroxylation is 1. The maximum absolute atomic E-state index is 12.2. The molecule has 0 fully saturated rings. The standard InChI is InChI=1S/C14H16N2O2/c1-9-5-7-11(8-6-9)12-10(2)15(3)14(18)16(4)13(12)17/h5-8H,1-4H3. The van der Waals surface area contributed by atoms with Gasteiger partial charge in [-0.25, -0.2) is 4.79 Å². The molecule has 0 saturated heterocycles. The molecule has 0 unspecified atom stereocenters. The summed E-state index contributed by atoms with van der Waals surface area (Å²) in [6, 6.07) is 7.73. The molecular weight excluding hydrogens is 228 g/mol. The van der Waals surface area contributed by atoms with Crippen LogP contribution in [0, 0.1) is 13.8 Å². The van der Waals surface area contributed by atoms with E-state index in [-0.39, 0.29) is 11.2 Å². The molecule has 2 aromatic rings. The van der Waals surface area contributed by atoms with Crippen molar-refractivity contribution in [2.75, 3.05) is 0 Å². The zero-order chi connectivity index (χ0) is 13.4. The molecular formula is C14H16N2O2. The quantitative estimate of drug-likeness (QED) is 0.760. The van der Waals surface area contributed by atoms with E-state index >= 15 is 0 Å². The fraction of sp³-hybridized carbons (Fsp3) is 0.286. The Hall–Kier alpha value is -2.10. The summed E-state index contributed by atoms with van der Waals surface area (Å²) in [5.74, 6) is 0. The Bertz CT molecular complexity index is 706. The maximum Gasteiger partial charge on any atom is 0.330 e. The van der Waals surface area contributed by atoms with Crippen LogP contribution < -0.4 is 11.2 Å². The van der Waals surface area contributed by atoms with Crippen LogP contribution in [0.1, 0.15) is 11.3 Å². The summed E-state index contributed by atoms with van der Waals surface area (Å²) in [7, 11) is 3.18. The van der Waals surface area contributed by atoms with Gasteiger partial charge < -0.3 is 4.57 Å². The first-order valence-corrected chi connectivity index (χ1v) is 5.77. The van der Waals surface area contributed by atoms with Gasteiger partial charge in [-0.05, 0) is 19.4 Å². The van der Waals surface area contributed by atoms with Crippen LogP contribution in [-0.2, 0) is 14.1 Å². The molecule has 1 aromatic heterocycles. The number of benzene rings is 1. The van der Waals surface area contributed by atoms with Crippen LogP contribution in [0.5, 0.6) is 0 Å². The van der Waals surface area contributed by atoms with Gasteiger partial charge in [-0.3, -0.25) is 9.36 Å². The SMILES string of the molecule is Cc1ccc(-c2c(C)n(C)c(=O)n(C)c2=O)cc1. The zero-order valence-corrected chi connectivity index (χ0v) is 11.0. The Kier molecular flexibility index (Phi) is 2.95. The van der Waals surface area contributed by atoms with Crippen molar-refractivity contribution in [1.29, 1.82) is 0 Å². The number of rotatable bonds is 1. The van der Waals surface area contributed by atoms with E-state index in [0.717, 1.165) is 15.7 Å². The minimum absolute atomic E-state index is 0.251. The lowest BCUT2D eigenvalue weighted by Gasteiger charge is -2.12. The van der Waals surface area contributed by atoms with E-state index in [1.165, 1.54) is 11.6 Å². The summed E-state index contributed by atoms with van der Waals surface area (Å²) in [5.41, 5.74) is 2.70. The highest BCUT2D eigenvalue weighted by Crippen LogP contribution is 2.18. The van der Waals surface area contributed by atoms with Gasteiger partial charge in [-0.1, -0.05) is 29.8 Å². The van der Waals surface area contributed by atoms with Gasteiger partial charge >= 0.3 is 5.69 Å². The molecule has 0 spiro atoms. The fourth-order valence-corrected chi connectivity index (χ4v) is 2.00. The van der Waals surface area contributed by atoms with Crippen LogP contribution in [0.2, 0.25) is 0 Å². The maximum atomic E-state index is 12.2. The van der Waals surface area contributed by atoms with Gasteiger partial charge in [0.15, 0.2) is 0 Å². The van der Waals surface area contributed by atoms with Gasteiger partial charge in [0.05, 0.1) is 5.56 Å². The smallest absolute Gasteiger partial charge is 0.300 e. The van der Waals surface area contributed by atoms with Crippen LogP contribution in [0.15, 0.2) is 33.9 Å². The van der Waals surface area contributed by atoms with Crippen molar-refractivity contribution >= 4 is 0 Å². The first-order chi connectivity index (χ1) is 8.43. The van der Waals surface area contributed by atoms with Gasteiger partial charge in [0.1, 0.15) is 0 Å². The second kappa shape index (κ2) is 4.29. The minimum Gasteiger partial charge on any atom is -0.300 e. The highest BCUT2D eigenvalue weighted by molar-refractivity contribution is 5.65. The summed E-state index contributed by atoms with van der Waals surface area (Å²) < 4.78 is 2.64. The van der Waals surface area contributed by atoms with E-state index in [9.17, 15) is 9.59 Å². The second-order valence-corrected chi connectivity index (χ2v) is 4.53. The molecule has 0 N–H and O–H groups in total. The average Bonchev–Trinajstić information content (AvgIpc) is 2.36. The second-order valence-electron chi connectivity index (χ2n) is 4.53. The summed E-state index contributed by atoms with van der Waals surface area (Å²) in [4.78, 5) is 24.0. The van der Waals surface area contributed by atoms with Gasteiger partial charge in [0.2, 0.25) is 0 Å². The van der Waals surface area contributed by atoms with Crippen molar-refractivity contribution in [3.8, 4) is 11.1 Å². The van der Waals surface area contributed by atoms with E-state index in [4.69, 9.17) is 0 Å². The molecule has 2 rings (SSSR count). The van der Waals surface area contributed by atoms with Crippen molar-refractivity contribution in [2.45, 2.75) is 13.8 Å². The van der Waals surface area contributed by atoms with Crippen molar-refractivity contribution in [3.05, 3.63) is 56.4 Å². The fourth-order valence-electron chi connectivity index (χ4n) is 2.00. The van der Waals surface area contributed by atoms with Crippen molar-refractivity contribution < 1.29 is 0 Å². The van der Waals surface area contributed by atoms with Crippen LogP contribution in [0.3, 0.4) is 0 Å². The van der Waals surface area contributed by atoms with Gasteiger partial charge in [0, 0.05) is 19.8 Å². The third-order valence-electron chi connectivity index (χ3n) is 3.30. The highest BCUT2D eigenvalue weighted by atomic mass is 16.2. The predicted octanol–water partition coefficient (Wildman–Crippen LogP) is 1.37. The summed E-state index contributed by atoms with van der Waals surface area (Å²) in [6.07, 6.45) is 0. The minimum atomic E-state index is -0.298. The molecule has 0 atom stereocenters. The monoisotopic (exact) mass is 244 g/mol. The number of aromatic nitrogens is 2. The lowest BCUT2D eigenvalue weighted by atomic mass is 10.0. The molecule has 0 aliphatic heterocycles. The molecule has 4 nitrogen and oxygen atoms in total. The van der Waals surface area contributed by atoms with Crippen LogP contribution in [-0.4, -0.2) is 9.13 Å². The molecule has 0 aliphatic carbocycles. The Labute approximate surface area is 105 Å². The first-order valence-electron chi connectivity index (χ1n) is 5.77.